The van der Waals surface area contributed by atoms with Gasteiger partial charge in [0.1, 0.15) is 23.4 Å². The Morgan fingerprint density at radius 3 is 1.76 bits per heavy atom. The summed E-state index contributed by atoms with van der Waals surface area (Å²) in [6, 6.07) is 10.7. The highest BCUT2D eigenvalue weighted by Gasteiger charge is 2.70. The van der Waals surface area contributed by atoms with E-state index in [9.17, 15) is 38.7 Å². The monoisotopic (exact) mass is 821 g/mol. The van der Waals surface area contributed by atoms with Gasteiger partial charge >= 0.3 is 41.8 Å². The lowest BCUT2D eigenvalue weighted by Gasteiger charge is -2.46. The van der Waals surface area contributed by atoms with Crippen molar-refractivity contribution >= 4 is 41.8 Å². The van der Waals surface area contributed by atoms with E-state index >= 15 is 0 Å². The molecule has 1 saturated carbocycles. The molecular weight excluding hydrogens is 770 g/mol. The van der Waals surface area contributed by atoms with Gasteiger partial charge in [-0.15, -0.1) is 0 Å². The smallest absolute Gasteiger partial charge is 0.340 e. The standard InChI is InChI=1S/C43H51NO15/c1-23-18-19-41(8,9)38(58-40(51)31-17-14-20-44-21-31)35(55-27(5)47)34(54-26(4)46)24(2)33(53-25(3)45)32-37(57-39(50)30-15-12-11-13-16-30)42(10,59-29(7)49)22-43(32,52)36(23)56-28(6)48/h11-21,23,32-38,52H,2,22H2,1,3-10H3/t23?,32?,33?,34?,35?,36?,37?,38?,42-,43-/m1/s1. The number of carbonyl (C=O) groups is 7. The lowest BCUT2D eigenvalue weighted by atomic mass is 9.71. The van der Waals surface area contributed by atoms with Gasteiger partial charge in [0.15, 0.2) is 24.4 Å². The van der Waals surface area contributed by atoms with Gasteiger partial charge in [0.2, 0.25) is 0 Å². The molecule has 2 aromatic rings. The number of fused-ring (bicyclic) bond motifs is 1. The molecule has 1 heterocycles. The van der Waals surface area contributed by atoms with Gasteiger partial charge in [-0.3, -0.25) is 29.0 Å². The molecule has 1 N–H and O–H groups in total. The topological polar surface area (TPSA) is 217 Å². The van der Waals surface area contributed by atoms with Crippen LogP contribution in [0.1, 0.15) is 89.5 Å². The number of hydrogen-bond donors (Lipinski definition) is 1. The molecule has 4 rings (SSSR count). The summed E-state index contributed by atoms with van der Waals surface area (Å²) < 4.78 is 41.7. The minimum Gasteiger partial charge on any atom is -0.459 e. The fourth-order valence-electron chi connectivity index (χ4n) is 7.99. The number of hydrogen-bond acceptors (Lipinski definition) is 16. The Morgan fingerprint density at radius 2 is 1.22 bits per heavy atom. The first-order chi connectivity index (χ1) is 27.5. The fraction of sp³-hybridized carbons (Fsp3) is 0.488. The average Bonchev–Trinajstić information content (AvgIpc) is 3.36. The first-order valence-corrected chi connectivity index (χ1v) is 18.9. The van der Waals surface area contributed by atoms with Crippen molar-refractivity contribution in [3.05, 3.63) is 90.3 Å². The summed E-state index contributed by atoms with van der Waals surface area (Å²) in [5, 5.41) is 13.3. The summed E-state index contributed by atoms with van der Waals surface area (Å²) >= 11 is 0. The Balaban J connectivity index is 2.13. The van der Waals surface area contributed by atoms with Crippen LogP contribution in [0.5, 0.6) is 0 Å². The first kappa shape index (κ1) is 45.8. The van der Waals surface area contributed by atoms with Gasteiger partial charge in [0, 0.05) is 70.3 Å². The molecular formula is C43H51NO15. The molecule has 0 amide bonds. The number of pyridine rings is 1. The molecule has 2 aliphatic carbocycles. The predicted octanol–water partition coefficient (Wildman–Crippen LogP) is 4.42. The van der Waals surface area contributed by atoms with E-state index in [0.29, 0.717) is 0 Å². The Kier molecular flexibility index (Phi) is 14.2. The third-order valence-electron chi connectivity index (χ3n) is 10.3. The molecule has 0 saturated heterocycles. The minimum atomic E-state index is -2.42. The Bertz CT molecular complexity index is 1960. The van der Waals surface area contributed by atoms with Crippen LogP contribution in [0.25, 0.3) is 0 Å². The minimum absolute atomic E-state index is 0.0211. The van der Waals surface area contributed by atoms with E-state index in [0.717, 1.165) is 34.6 Å². The second-order valence-corrected chi connectivity index (χ2v) is 15.6. The van der Waals surface area contributed by atoms with Gasteiger partial charge in [-0.2, -0.15) is 0 Å². The van der Waals surface area contributed by atoms with E-state index in [1.807, 2.05) is 0 Å². The molecule has 2 aliphatic rings. The molecule has 0 radical (unpaired) electrons. The van der Waals surface area contributed by atoms with Crippen molar-refractivity contribution < 1.29 is 71.8 Å². The molecule has 59 heavy (non-hydrogen) atoms. The number of aromatic nitrogens is 1. The van der Waals surface area contributed by atoms with E-state index < -0.39 is 113 Å². The Labute approximate surface area is 342 Å². The molecule has 1 fully saturated rings. The highest BCUT2D eigenvalue weighted by Crippen LogP contribution is 2.54. The molecule has 8 unspecified atom stereocenters. The van der Waals surface area contributed by atoms with E-state index in [1.165, 1.54) is 43.6 Å². The van der Waals surface area contributed by atoms with Crippen molar-refractivity contribution in [2.24, 2.45) is 17.3 Å². The maximum atomic E-state index is 13.9. The van der Waals surface area contributed by atoms with Crippen LogP contribution in [-0.4, -0.2) is 99.7 Å². The Morgan fingerprint density at radius 1 is 0.678 bits per heavy atom. The van der Waals surface area contributed by atoms with E-state index in [-0.39, 0.29) is 16.7 Å². The molecule has 16 nitrogen and oxygen atoms in total. The van der Waals surface area contributed by atoms with Crippen LogP contribution in [0.2, 0.25) is 0 Å². The largest absolute Gasteiger partial charge is 0.459 e. The average molecular weight is 822 g/mol. The second-order valence-electron chi connectivity index (χ2n) is 15.6. The molecule has 0 aliphatic heterocycles. The molecule has 1 aromatic carbocycles. The van der Waals surface area contributed by atoms with Gasteiger partial charge in [-0.25, -0.2) is 9.59 Å². The van der Waals surface area contributed by atoms with Gasteiger partial charge in [-0.05, 0) is 31.2 Å². The zero-order valence-electron chi connectivity index (χ0n) is 34.5. The van der Waals surface area contributed by atoms with Crippen LogP contribution in [0.4, 0.5) is 0 Å². The van der Waals surface area contributed by atoms with Gasteiger partial charge < -0.3 is 38.3 Å². The zero-order chi connectivity index (χ0) is 44.0. The van der Waals surface area contributed by atoms with Crippen LogP contribution < -0.4 is 0 Å². The zero-order valence-corrected chi connectivity index (χ0v) is 34.5. The van der Waals surface area contributed by atoms with Gasteiger partial charge in [0.25, 0.3) is 0 Å². The summed E-state index contributed by atoms with van der Waals surface area (Å²) in [6.07, 6.45) is -4.99. The lowest BCUT2D eigenvalue weighted by molar-refractivity contribution is -0.195. The Hall–Kier alpha value is -5.90. The maximum absolute atomic E-state index is 13.9. The SMILES string of the molecule is C=C1C(OC(C)=O)C(OC(C)=O)C(OC(=O)c2cccnc2)C(C)(C)C=CC(C)C(OC(C)=O)[C@@]2(O)C[C@@](C)(OC(C)=O)C(OC(=O)c3ccccc3)C2C1OC(C)=O. The first-order valence-electron chi connectivity index (χ1n) is 18.9. The van der Waals surface area contributed by atoms with Crippen molar-refractivity contribution in [1.29, 1.82) is 0 Å². The fourth-order valence-corrected chi connectivity index (χ4v) is 7.99. The molecule has 1 aromatic heterocycles. The second kappa shape index (κ2) is 18.4. The van der Waals surface area contributed by atoms with Crippen LogP contribution in [0.3, 0.4) is 0 Å². The molecule has 10 atom stereocenters. The normalized spacial score (nSPS) is 30.2. The van der Waals surface area contributed by atoms with Crippen molar-refractivity contribution in [2.75, 3.05) is 0 Å². The van der Waals surface area contributed by atoms with Crippen LogP contribution >= 0.6 is 0 Å². The van der Waals surface area contributed by atoms with E-state index in [2.05, 4.69) is 11.6 Å². The molecule has 0 bridgehead atoms. The summed E-state index contributed by atoms with van der Waals surface area (Å²) in [7, 11) is 0. The third kappa shape index (κ3) is 10.6. The quantitative estimate of drug-likeness (QED) is 0.210. The summed E-state index contributed by atoms with van der Waals surface area (Å²) in [5.74, 6) is -9.04. The van der Waals surface area contributed by atoms with Crippen molar-refractivity contribution in [1.82, 2.24) is 4.98 Å². The van der Waals surface area contributed by atoms with Crippen molar-refractivity contribution in [2.45, 2.75) is 117 Å². The lowest BCUT2D eigenvalue weighted by Crippen LogP contribution is -2.60. The predicted molar refractivity (Wildman–Crippen MR) is 206 cm³/mol. The van der Waals surface area contributed by atoms with Gasteiger partial charge in [0.05, 0.1) is 17.0 Å². The highest BCUT2D eigenvalue weighted by molar-refractivity contribution is 5.90. The summed E-state index contributed by atoms with van der Waals surface area (Å²) in [6.45, 7) is 15.8. The van der Waals surface area contributed by atoms with Gasteiger partial charge in [-0.1, -0.05) is 57.7 Å². The number of aliphatic hydroxyl groups is 1. The number of rotatable bonds is 9. The number of ether oxygens (including phenoxy) is 7. The van der Waals surface area contributed by atoms with E-state index in [1.54, 1.807) is 51.1 Å². The number of esters is 7. The van der Waals surface area contributed by atoms with Crippen molar-refractivity contribution in [3.63, 3.8) is 0 Å². The van der Waals surface area contributed by atoms with Crippen LogP contribution in [-0.2, 0) is 57.1 Å². The summed E-state index contributed by atoms with van der Waals surface area (Å²) in [5.41, 5.74) is -5.96. The molecule has 16 heteroatoms. The van der Waals surface area contributed by atoms with Crippen molar-refractivity contribution in [3.8, 4) is 0 Å². The summed E-state index contributed by atoms with van der Waals surface area (Å²) in [4.78, 5) is 96.6. The maximum Gasteiger partial charge on any atom is 0.340 e. The van der Waals surface area contributed by atoms with E-state index in [4.69, 9.17) is 33.2 Å². The highest BCUT2D eigenvalue weighted by atomic mass is 16.6. The number of carbonyl (C=O) groups excluding carboxylic acids is 7. The number of benzene rings is 1. The molecule has 0 spiro atoms. The van der Waals surface area contributed by atoms with Crippen LogP contribution in [0.15, 0.2) is 79.2 Å². The third-order valence-corrected chi connectivity index (χ3v) is 10.3. The number of nitrogens with zero attached hydrogens (tertiary/aromatic N) is 1. The molecule has 318 valence electrons. The van der Waals surface area contributed by atoms with Crippen LogP contribution in [0, 0.1) is 17.3 Å².